The minimum absolute atomic E-state index is 0.0317. The summed E-state index contributed by atoms with van der Waals surface area (Å²) in [5.41, 5.74) is 4.25. The summed E-state index contributed by atoms with van der Waals surface area (Å²) < 4.78 is 13.5. The van der Waals surface area contributed by atoms with E-state index in [0.29, 0.717) is 11.5 Å². The predicted octanol–water partition coefficient (Wildman–Crippen LogP) is 4.22. The summed E-state index contributed by atoms with van der Waals surface area (Å²) >= 11 is 0. The van der Waals surface area contributed by atoms with Gasteiger partial charge < -0.3 is 10.2 Å². The van der Waals surface area contributed by atoms with Crippen LogP contribution < -0.4 is 15.1 Å². The molecule has 4 heterocycles. The van der Waals surface area contributed by atoms with Gasteiger partial charge in [-0.15, -0.1) is 0 Å². The zero-order chi connectivity index (χ0) is 20.0. The van der Waals surface area contributed by atoms with E-state index in [4.69, 9.17) is 4.98 Å². The van der Waals surface area contributed by atoms with Crippen LogP contribution in [0.15, 0.2) is 54.9 Å². The Kier molecular flexibility index (Phi) is 4.16. The van der Waals surface area contributed by atoms with Crippen molar-refractivity contribution in [3.63, 3.8) is 0 Å². The van der Waals surface area contributed by atoms with E-state index in [9.17, 15) is 9.18 Å². The van der Waals surface area contributed by atoms with Crippen LogP contribution in [-0.2, 0) is 0 Å². The summed E-state index contributed by atoms with van der Waals surface area (Å²) in [6.45, 7) is 3.70. The lowest BCUT2D eigenvalue weighted by Gasteiger charge is -2.35. The molecule has 0 radical (unpaired) electrons. The first-order valence-electron chi connectivity index (χ1n) is 9.62. The van der Waals surface area contributed by atoms with Crippen molar-refractivity contribution in [3.8, 4) is 11.3 Å². The number of amides is 2. The van der Waals surface area contributed by atoms with Crippen molar-refractivity contribution in [2.24, 2.45) is 0 Å². The van der Waals surface area contributed by atoms with Crippen molar-refractivity contribution in [2.75, 3.05) is 28.2 Å². The molecule has 7 heteroatoms. The van der Waals surface area contributed by atoms with E-state index >= 15 is 0 Å². The van der Waals surface area contributed by atoms with Gasteiger partial charge >= 0.3 is 6.03 Å². The number of rotatable bonds is 2. The molecule has 2 aliphatic rings. The fraction of sp³-hybridized carbons (Fsp3) is 0.227. The van der Waals surface area contributed by atoms with Crippen molar-refractivity contribution < 1.29 is 9.18 Å². The molecule has 146 valence electrons. The zero-order valence-electron chi connectivity index (χ0n) is 16.0. The van der Waals surface area contributed by atoms with Crippen LogP contribution in [0.2, 0.25) is 0 Å². The van der Waals surface area contributed by atoms with Gasteiger partial charge in [-0.1, -0.05) is 23.8 Å². The third kappa shape index (κ3) is 3.18. The van der Waals surface area contributed by atoms with Crippen LogP contribution in [0.4, 0.5) is 26.4 Å². The Bertz CT molecular complexity index is 1100. The molecule has 0 spiro atoms. The largest absolute Gasteiger partial charge is 0.366 e. The molecule has 5 rings (SSSR count). The van der Waals surface area contributed by atoms with Crippen LogP contribution in [0.3, 0.4) is 0 Å². The van der Waals surface area contributed by atoms with Gasteiger partial charge in [0.25, 0.3) is 0 Å². The number of nitrogens with zero attached hydrogens (tertiary/aromatic N) is 4. The number of carbonyl (C=O) groups excluding carboxylic acids is 1. The molecule has 2 aromatic heterocycles. The summed E-state index contributed by atoms with van der Waals surface area (Å²) in [6.07, 6.45) is 3.41. The second kappa shape index (κ2) is 6.84. The molecule has 2 aliphatic heterocycles. The molecule has 0 saturated carbocycles. The minimum Gasteiger partial charge on any atom is -0.366 e. The molecule has 1 aromatic carbocycles. The van der Waals surface area contributed by atoms with E-state index in [1.807, 2.05) is 37.3 Å². The number of halogens is 1. The Labute approximate surface area is 168 Å². The van der Waals surface area contributed by atoms with Gasteiger partial charge in [-0.05, 0) is 31.5 Å². The Morgan fingerprint density at radius 2 is 2.10 bits per heavy atom. The Morgan fingerprint density at radius 1 is 1.21 bits per heavy atom. The minimum atomic E-state index is -0.492. The molecular formula is C22H20FN5O. The number of anilines is 3. The fourth-order valence-corrected chi connectivity index (χ4v) is 4.10. The van der Waals surface area contributed by atoms with Gasteiger partial charge in [0.05, 0.1) is 35.5 Å². The summed E-state index contributed by atoms with van der Waals surface area (Å²) in [7, 11) is 0. The normalized spacial score (nSPS) is 17.2. The first-order chi connectivity index (χ1) is 14.1. The number of carbonyl (C=O) groups is 1. The summed E-state index contributed by atoms with van der Waals surface area (Å²) in [4.78, 5) is 25.8. The number of aryl methyl sites for hydroxylation is 1. The number of fused-ring (bicyclic) bond motifs is 4. The van der Waals surface area contributed by atoms with Gasteiger partial charge in [-0.2, -0.15) is 0 Å². The molecule has 0 aliphatic carbocycles. The lowest BCUT2D eigenvalue weighted by molar-refractivity contribution is 0.255. The molecule has 3 aromatic rings. The average Bonchev–Trinajstić information content (AvgIpc) is 3.12. The Balaban J connectivity index is 1.53. The summed E-state index contributed by atoms with van der Waals surface area (Å²) in [6, 6.07) is 13.1. The molecule has 1 saturated heterocycles. The van der Waals surface area contributed by atoms with Gasteiger partial charge in [0.1, 0.15) is 5.82 Å². The lowest BCUT2D eigenvalue weighted by Crippen LogP contribution is -2.48. The first kappa shape index (κ1) is 17.6. The quantitative estimate of drug-likeness (QED) is 0.713. The van der Waals surface area contributed by atoms with Crippen LogP contribution in [0.1, 0.15) is 12.0 Å². The molecular weight excluding hydrogens is 369 g/mol. The van der Waals surface area contributed by atoms with E-state index < -0.39 is 5.82 Å². The second-order valence-corrected chi connectivity index (χ2v) is 7.49. The second-order valence-electron chi connectivity index (χ2n) is 7.49. The average molecular weight is 389 g/mol. The third-order valence-corrected chi connectivity index (χ3v) is 5.44. The van der Waals surface area contributed by atoms with Crippen molar-refractivity contribution in [1.29, 1.82) is 0 Å². The van der Waals surface area contributed by atoms with Crippen molar-refractivity contribution in [2.45, 2.75) is 19.4 Å². The highest BCUT2D eigenvalue weighted by Crippen LogP contribution is 2.40. The number of hydrogen-bond donors (Lipinski definition) is 1. The SMILES string of the molecule is Cc1cccc(-c2ccc3c(n2)N(C(=O)Nc2cncc(F)c2)[C@@H]2CCN3C2)c1. The molecule has 2 amide bonds. The third-order valence-electron chi connectivity index (χ3n) is 5.44. The van der Waals surface area contributed by atoms with Gasteiger partial charge in [-0.3, -0.25) is 9.88 Å². The van der Waals surface area contributed by atoms with E-state index in [0.717, 1.165) is 48.2 Å². The molecule has 1 fully saturated rings. The molecule has 6 nitrogen and oxygen atoms in total. The monoisotopic (exact) mass is 389 g/mol. The summed E-state index contributed by atoms with van der Waals surface area (Å²) in [5, 5.41) is 2.77. The van der Waals surface area contributed by atoms with Crippen LogP contribution in [0.5, 0.6) is 0 Å². The standard InChI is InChI=1S/C22H20FN5O/c1-14-3-2-4-15(9-14)19-5-6-20-21(26-19)28(18-7-8-27(20)13-18)22(29)25-17-10-16(23)11-24-12-17/h2-6,9-12,18H,7-8,13H2,1H3,(H,25,29)/t18-/m1/s1. The van der Waals surface area contributed by atoms with E-state index in [2.05, 4.69) is 21.3 Å². The fourth-order valence-electron chi connectivity index (χ4n) is 4.10. The van der Waals surface area contributed by atoms with E-state index in [1.54, 1.807) is 4.90 Å². The van der Waals surface area contributed by atoms with Crippen molar-refractivity contribution in [1.82, 2.24) is 9.97 Å². The number of aromatic nitrogens is 2. The molecule has 0 unspecified atom stereocenters. The number of hydrogen-bond acceptors (Lipinski definition) is 4. The molecule has 29 heavy (non-hydrogen) atoms. The maximum atomic E-state index is 13.5. The maximum Gasteiger partial charge on any atom is 0.327 e. The molecule has 2 bridgehead atoms. The zero-order valence-corrected chi connectivity index (χ0v) is 16.0. The topological polar surface area (TPSA) is 61.4 Å². The van der Waals surface area contributed by atoms with Gasteiger partial charge in [0.15, 0.2) is 5.82 Å². The predicted molar refractivity (Wildman–Crippen MR) is 111 cm³/mol. The van der Waals surface area contributed by atoms with Crippen LogP contribution in [-0.4, -0.2) is 35.1 Å². The Hall–Kier alpha value is -3.48. The van der Waals surface area contributed by atoms with Gasteiger partial charge in [-0.25, -0.2) is 14.2 Å². The number of nitrogens with one attached hydrogen (secondary N) is 1. The highest BCUT2D eigenvalue weighted by molar-refractivity contribution is 6.04. The smallest absolute Gasteiger partial charge is 0.327 e. The van der Waals surface area contributed by atoms with Crippen molar-refractivity contribution in [3.05, 3.63) is 66.2 Å². The number of pyridine rings is 2. The van der Waals surface area contributed by atoms with Gasteiger partial charge in [0.2, 0.25) is 0 Å². The summed E-state index contributed by atoms with van der Waals surface area (Å²) in [5.74, 6) is 0.147. The number of urea groups is 1. The Morgan fingerprint density at radius 3 is 2.93 bits per heavy atom. The van der Waals surface area contributed by atoms with Crippen LogP contribution >= 0.6 is 0 Å². The maximum absolute atomic E-state index is 13.5. The first-order valence-corrected chi connectivity index (χ1v) is 9.62. The van der Waals surface area contributed by atoms with Gasteiger partial charge in [0, 0.05) is 24.7 Å². The van der Waals surface area contributed by atoms with E-state index in [-0.39, 0.29) is 12.1 Å². The van der Waals surface area contributed by atoms with Crippen molar-refractivity contribution >= 4 is 23.2 Å². The molecule has 1 atom stereocenters. The number of benzene rings is 1. The van der Waals surface area contributed by atoms with Crippen LogP contribution in [0, 0.1) is 12.7 Å². The molecule has 1 N–H and O–H groups in total. The highest BCUT2D eigenvalue weighted by atomic mass is 19.1. The highest BCUT2D eigenvalue weighted by Gasteiger charge is 2.40. The van der Waals surface area contributed by atoms with Crippen LogP contribution in [0.25, 0.3) is 11.3 Å². The lowest BCUT2D eigenvalue weighted by atomic mass is 10.1. The van der Waals surface area contributed by atoms with E-state index in [1.165, 1.54) is 12.3 Å².